The molecule has 2 amide bonds. The lowest BCUT2D eigenvalue weighted by Gasteiger charge is -2.23. The molecular formula is C18H22N2O5S. The zero-order valence-electron chi connectivity index (χ0n) is 14.3. The van der Waals surface area contributed by atoms with E-state index in [2.05, 4.69) is 10.6 Å². The summed E-state index contributed by atoms with van der Waals surface area (Å²) >= 11 is 1.59. The second-order valence-corrected chi connectivity index (χ2v) is 7.34. The van der Waals surface area contributed by atoms with E-state index in [0.29, 0.717) is 12.0 Å². The SMILES string of the molecule is CC(=O)N[C@@H](CC1CC=CS1)C(=O)N[C@@H](Cc1ccc(O)cc1)C(=O)O. The molecule has 4 N–H and O–H groups in total. The molecule has 0 aromatic heterocycles. The Kier molecular flexibility index (Phi) is 7.08. The number of phenolic OH excluding ortho intramolecular Hbond substituents is 1. The zero-order chi connectivity index (χ0) is 19.1. The summed E-state index contributed by atoms with van der Waals surface area (Å²) < 4.78 is 0. The number of carboxylic acids is 1. The number of nitrogens with one attached hydrogen (secondary N) is 2. The summed E-state index contributed by atoms with van der Waals surface area (Å²) in [6, 6.07) is 4.21. The van der Waals surface area contributed by atoms with Gasteiger partial charge >= 0.3 is 5.97 Å². The van der Waals surface area contributed by atoms with Gasteiger partial charge in [-0.05, 0) is 35.9 Å². The van der Waals surface area contributed by atoms with E-state index < -0.39 is 24.0 Å². The van der Waals surface area contributed by atoms with Crippen LogP contribution in [0.5, 0.6) is 5.75 Å². The predicted molar refractivity (Wildman–Crippen MR) is 98.7 cm³/mol. The largest absolute Gasteiger partial charge is 0.508 e. The third-order valence-electron chi connectivity index (χ3n) is 3.95. The topological polar surface area (TPSA) is 116 Å². The number of aliphatic carboxylic acids is 1. The number of hydrogen-bond acceptors (Lipinski definition) is 5. The third kappa shape index (κ3) is 6.11. The first-order chi connectivity index (χ1) is 12.3. The van der Waals surface area contributed by atoms with Crippen LogP contribution < -0.4 is 10.6 Å². The molecule has 26 heavy (non-hydrogen) atoms. The first-order valence-corrected chi connectivity index (χ1v) is 9.18. The Labute approximate surface area is 155 Å². The number of carboxylic acid groups (broad SMARTS) is 1. The highest BCUT2D eigenvalue weighted by Gasteiger charge is 2.28. The summed E-state index contributed by atoms with van der Waals surface area (Å²) in [5.41, 5.74) is 0.669. The van der Waals surface area contributed by atoms with Gasteiger partial charge in [-0.15, -0.1) is 11.8 Å². The molecule has 0 fully saturated rings. The lowest BCUT2D eigenvalue weighted by Crippen LogP contribution is -2.52. The number of aromatic hydroxyl groups is 1. The number of rotatable bonds is 8. The number of carbonyl (C=O) groups excluding carboxylic acids is 2. The minimum absolute atomic E-state index is 0.0773. The number of thioether (sulfide) groups is 1. The minimum atomic E-state index is -1.16. The van der Waals surface area contributed by atoms with Gasteiger partial charge in [-0.25, -0.2) is 4.79 Å². The maximum atomic E-state index is 12.6. The number of benzene rings is 1. The smallest absolute Gasteiger partial charge is 0.326 e. The predicted octanol–water partition coefficient (Wildman–Crippen LogP) is 1.42. The van der Waals surface area contributed by atoms with Crippen molar-refractivity contribution in [3.05, 3.63) is 41.3 Å². The Morgan fingerprint density at radius 1 is 1.19 bits per heavy atom. The normalized spacial score (nSPS) is 18.1. The number of amides is 2. The molecule has 0 aliphatic carbocycles. The maximum Gasteiger partial charge on any atom is 0.326 e. The molecule has 0 radical (unpaired) electrons. The monoisotopic (exact) mass is 378 g/mol. The fraction of sp³-hybridized carbons (Fsp3) is 0.389. The van der Waals surface area contributed by atoms with Gasteiger partial charge in [0.15, 0.2) is 0 Å². The molecule has 8 heteroatoms. The van der Waals surface area contributed by atoms with E-state index in [1.807, 2.05) is 11.5 Å². The molecule has 0 bridgehead atoms. The van der Waals surface area contributed by atoms with Crippen LogP contribution in [0.2, 0.25) is 0 Å². The molecule has 1 aliphatic heterocycles. The Morgan fingerprint density at radius 2 is 1.88 bits per heavy atom. The maximum absolute atomic E-state index is 12.6. The van der Waals surface area contributed by atoms with Crippen LogP contribution in [0.15, 0.2) is 35.7 Å². The van der Waals surface area contributed by atoms with Crippen LogP contribution in [-0.2, 0) is 20.8 Å². The summed E-state index contributed by atoms with van der Waals surface area (Å²) in [4.78, 5) is 35.5. The highest BCUT2D eigenvalue weighted by molar-refractivity contribution is 8.03. The molecule has 1 heterocycles. The molecule has 0 saturated heterocycles. The molecule has 1 aromatic rings. The van der Waals surface area contributed by atoms with E-state index >= 15 is 0 Å². The third-order valence-corrected chi connectivity index (χ3v) is 5.07. The van der Waals surface area contributed by atoms with Crippen LogP contribution in [0.4, 0.5) is 0 Å². The molecule has 7 nitrogen and oxygen atoms in total. The highest BCUT2D eigenvalue weighted by atomic mass is 32.2. The summed E-state index contributed by atoms with van der Waals surface area (Å²) in [5, 5.41) is 26.0. The van der Waals surface area contributed by atoms with Crippen LogP contribution >= 0.6 is 11.8 Å². The molecule has 0 saturated carbocycles. The Hall–Kier alpha value is -2.48. The molecule has 0 spiro atoms. The van der Waals surface area contributed by atoms with Gasteiger partial charge in [0, 0.05) is 18.6 Å². The lowest BCUT2D eigenvalue weighted by atomic mass is 10.0. The van der Waals surface area contributed by atoms with Crippen molar-refractivity contribution < 1.29 is 24.6 Å². The first kappa shape index (κ1) is 19.8. The quantitative estimate of drug-likeness (QED) is 0.544. The molecule has 1 aromatic carbocycles. The van der Waals surface area contributed by atoms with E-state index in [9.17, 15) is 24.6 Å². The van der Waals surface area contributed by atoms with Gasteiger partial charge in [-0.3, -0.25) is 9.59 Å². The fourth-order valence-electron chi connectivity index (χ4n) is 2.66. The highest BCUT2D eigenvalue weighted by Crippen LogP contribution is 2.27. The second kappa shape index (κ2) is 9.28. The van der Waals surface area contributed by atoms with Crippen molar-refractivity contribution in [1.29, 1.82) is 0 Å². The van der Waals surface area contributed by atoms with Gasteiger partial charge in [0.05, 0.1) is 0 Å². The van der Waals surface area contributed by atoms with Crippen molar-refractivity contribution in [2.45, 2.75) is 43.5 Å². The molecule has 140 valence electrons. The summed E-state index contributed by atoms with van der Waals surface area (Å²) in [6.07, 6.45) is 3.31. The molecule has 2 rings (SSSR count). The number of allylic oxidation sites excluding steroid dienone is 1. The Balaban J connectivity index is 2.03. The zero-order valence-corrected chi connectivity index (χ0v) is 15.2. The van der Waals surface area contributed by atoms with Crippen LogP contribution in [0.25, 0.3) is 0 Å². The molecule has 3 atom stereocenters. The van der Waals surface area contributed by atoms with E-state index in [1.54, 1.807) is 23.9 Å². The average Bonchev–Trinajstić information content (AvgIpc) is 3.08. The number of hydrogen-bond donors (Lipinski definition) is 4. The van der Waals surface area contributed by atoms with E-state index in [4.69, 9.17) is 0 Å². The number of carbonyl (C=O) groups is 3. The van der Waals surface area contributed by atoms with E-state index in [1.165, 1.54) is 19.1 Å². The van der Waals surface area contributed by atoms with Crippen molar-refractivity contribution in [2.75, 3.05) is 0 Å². The number of phenols is 1. The van der Waals surface area contributed by atoms with Gasteiger partial charge in [-0.1, -0.05) is 18.2 Å². The van der Waals surface area contributed by atoms with Gasteiger partial charge in [0.1, 0.15) is 17.8 Å². The standard InChI is InChI=1S/C18H22N2O5S/c1-11(21)19-15(10-14-3-2-8-26-14)17(23)20-16(18(24)25)9-12-4-6-13(22)7-5-12/h2,4-8,14-16,22H,3,9-10H2,1H3,(H,19,21)(H,20,23)(H,24,25)/t14?,15-,16-/m0/s1. The Bertz CT molecular complexity index is 681. The van der Waals surface area contributed by atoms with Crippen LogP contribution in [-0.4, -0.2) is 45.3 Å². The molecular weight excluding hydrogens is 356 g/mol. The van der Waals surface area contributed by atoms with E-state index in [0.717, 1.165) is 6.42 Å². The summed E-state index contributed by atoms with van der Waals surface area (Å²) in [6.45, 7) is 1.32. The van der Waals surface area contributed by atoms with Gasteiger partial charge < -0.3 is 20.8 Å². The lowest BCUT2D eigenvalue weighted by molar-refractivity contribution is -0.142. The van der Waals surface area contributed by atoms with Crippen LogP contribution in [0, 0.1) is 0 Å². The molecule has 1 unspecified atom stereocenters. The van der Waals surface area contributed by atoms with Crippen molar-refractivity contribution in [3.63, 3.8) is 0 Å². The van der Waals surface area contributed by atoms with E-state index in [-0.39, 0.29) is 23.3 Å². The Morgan fingerprint density at radius 3 is 2.42 bits per heavy atom. The van der Waals surface area contributed by atoms with Gasteiger partial charge in [-0.2, -0.15) is 0 Å². The van der Waals surface area contributed by atoms with Crippen molar-refractivity contribution in [3.8, 4) is 5.75 Å². The minimum Gasteiger partial charge on any atom is -0.508 e. The summed E-state index contributed by atoms with van der Waals surface area (Å²) in [5.74, 6) is -1.94. The first-order valence-electron chi connectivity index (χ1n) is 8.24. The van der Waals surface area contributed by atoms with Crippen molar-refractivity contribution >= 4 is 29.5 Å². The van der Waals surface area contributed by atoms with Crippen molar-refractivity contribution in [1.82, 2.24) is 10.6 Å². The molecule has 1 aliphatic rings. The van der Waals surface area contributed by atoms with Crippen LogP contribution in [0.1, 0.15) is 25.3 Å². The second-order valence-electron chi connectivity index (χ2n) is 6.12. The van der Waals surface area contributed by atoms with Crippen molar-refractivity contribution in [2.24, 2.45) is 0 Å². The fourth-order valence-corrected chi connectivity index (χ4v) is 3.63. The van der Waals surface area contributed by atoms with Gasteiger partial charge in [0.25, 0.3) is 0 Å². The average molecular weight is 378 g/mol. The van der Waals surface area contributed by atoms with Crippen LogP contribution in [0.3, 0.4) is 0 Å². The summed E-state index contributed by atoms with van der Waals surface area (Å²) in [7, 11) is 0. The van der Waals surface area contributed by atoms with Gasteiger partial charge in [0.2, 0.25) is 11.8 Å².